The van der Waals surface area contributed by atoms with Crippen molar-refractivity contribution in [3.05, 3.63) is 0 Å². The van der Waals surface area contributed by atoms with E-state index < -0.39 is 97.5 Å². The summed E-state index contributed by atoms with van der Waals surface area (Å²) in [6.45, 7) is 14.0. The van der Waals surface area contributed by atoms with Gasteiger partial charge in [-0.1, -0.05) is 261 Å². The highest BCUT2D eigenvalue weighted by Gasteiger charge is 2.30. The molecule has 7 atom stereocenters. The molecule has 0 aliphatic heterocycles. The molecule has 84 heavy (non-hydrogen) atoms. The topological polar surface area (TPSA) is 237 Å². The van der Waals surface area contributed by atoms with E-state index in [-0.39, 0.29) is 25.7 Å². The van der Waals surface area contributed by atoms with E-state index in [9.17, 15) is 43.2 Å². The number of esters is 4. The van der Waals surface area contributed by atoms with E-state index in [4.69, 9.17) is 37.0 Å². The van der Waals surface area contributed by atoms with Crippen molar-refractivity contribution >= 4 is 39.5 Å². The molecule has 0 aliphatic rings. The molecule has 0 aromatic heterocycles. The summed E-state index contributed by atoms with van der Waals surface area (Å²) in [4.78, 5) is 72.3. The second-order valence-corrected chi connectivity index (χ2v) is 27.8. The Morgan fingerprint density at radius 3 is 0.845 bits per heavy atom. The molecule has 5 unspecified atom stereocenters. The fourth-order valence-corrected chi connectivity index (χ4v) is 11.1. The first kappa shape index (κ1) is 82.1. The van der Waals surface area contributed by atoms with Crippen molar-refractivity contribution < 1.29 is 80.2 Å². The van der Waals surface area contributed by atoms with Crippen LogP contribution in [-0.4, -0.2) is 96.7 Å². The third-order valence-electron chi connectivity index (χ3n) is 15.5. The van der Waals surface area contributed by atoms with Crippen LogP contribution >= 0.6 is 15.6 Å². The van der Waals surface area contributed by atoms with Crippen molar-refractivity contribution in [1.29, 1.82) is 0 Å². The summed E-state index contributed by atoms with van der Waals surface area (Å²) in [5, 5.41) is 10.5. The number of rotatable bonds is 62. The fraction of sp³-hybridized carbons (Fsp3) is 0.938. The number of carbonyl (C=O) groups is 4. The van der Waals surface area contributed by atoms with Crippen LogP contribution in [0.3, 0.4) is 0 Å². The predicted octanol–water partition coefficient (Wildman–Crippen LogP) is 17.8. The van der Waals surface area contributed by atoms with Gasteiger partial charge in [0.05, 0.1) is 26.4 Å². The molecule has 0 aromatic rings. The van der Waals surface area contributed by atoms with Crippen LogP contribution in [0.5, 0.6) is 0 Å². The van der Waals surface area contributed by atoms with Crippen molar-refractivity contribution in [2.75, 3.05) is 39.6 Å². The van der Waals surface area contributed by atoms with Crippen LogP contribution in [0.2, 0.25) is 0 Å². The van der Waals surface area contributed by atoms with Crippen LogP contribution < -0.4 is 0 Å². The number of hydrogen-bond acceptors (Lipinski definition) is 15. The highest BCUT2D eigenvalue weighted by atomic mass is 31.2. The largest absolute Gasteiger partial charge is 0.472 e. The summed E-state index contributed by atoms with van der Waals surface area (Å²) in [5.41, 5.74) is 0. The van der Waals surface area contributed by atoms with Crippen LogP contribution in [0.25, 0.3) is 0 Å². The predicted molar refractivity (Wildman–Crippen MR) is 335 cm³/mol. The number of phosphoric ester groups is 2. The standard InChI is InChI=1S/C65H126O17P2/c1-9-57(7)43-35-27-21-23-31-39-47-64(69)81-60(51-75-62(67)45-37-29-19-14-12-11-13-17-25-33-41-55(3)4)53-79-83(71,72)77-49-59(66)50-78-84(73,74)80-54-61(82-65(70)48-40-32-24-22-28-36-44-58(8)10-2)52-76-63(68)46-38-30-20-16-15-18-26-34-42-56(5)6/h55-61,66H,9-54H2,1-8H3,(H,71,72)(H,73,74)/t57?,58?,59?,60-,61-/m1/s1. The number of ether oxygens (including phenoxy) is 4. The van der Waals surface area contributed by atoms with Crippen LogP contribution in [0.4, 0.5) is 0 Å². The van der Waals surface area contributed by atoms with Crippen molar-refractivity contribution in [1.82, 2.24) is 0 Å². The van der Waals surface area contributed by atoms with E-state index in [1.54, 1.807) is 0 Å². The number of carbonyl (C=O) groups excluding carboxylic acids is 4. The van der Waals surface area contributed by atoms with Gasteiger partial charge in [-0.3, -0.25) is 37.3 Å². The average Bonchev–Trinajstić information content (AvgIpc) is 3.48. The van der Waals surface area contributed by atoms with E-state index in [0.717, 1.165) is 114 Å². The molecule has 17 nitrogen and oxygen atoms in total. The first-order chi connectivity index (χ1) is 40.2. The second kappa shape index (κ2) is 55.2. The van der Waals surface area contributed by atoms with Gasteiger partial charge >= 0.3 is 39.5 Å². The molecule has 0 radical (unpaired) electrons. The van der Waals surface area contributed by atoms with Gasteiger partial charge in [0.1, 0.15) is 19.3 Å². The van der Waals surface area contributed by atoms with Crippen molar-refractivity contribution in [3.8, 4) is 0 Å². The van der Waals surface area contributed by atoms with Gasteiger partial charge in [0.2, 0.25) is 0 Å². The van der Waals surface area contributed by atoms with Gasteiger partial charge in [-0.15, -0.1) is 0 Å². The van der Waals surface area contributed by atoms with E-state index in [1.165, 1.54) is 116 Å². The summed E-state index contributed by atoms with van der Waals surface area (Å²) in [6, 6.07) is 0. The molecule has 0 fully saturated rings. The molecule has 0 aliphatic carbocycles. The number of aliphatic hydroxyl groups excluding tert-OH is 1. The minimum Gasteiger partial charge on any atom is -0.462 e. The lowest BCUT2D eigenvalue weighted by molar-refractivity contribution is -0.161. The van der Waals surface area contributed by atoms with Gasteiger partial charge in [0, 0.05) is 25.7 Å². The van der Waals surface area contributed by atoms with Crippen LogP contribution in [0.15, 0.2) is 0 Å². The molecule has 0 rings (SSSR count). The first-order valence-corrected chi connectivity index (χ1v) is 36.8. The molecule has 0 aromatic carbocycles. The van der Waals surface area contributed by atoms with Gasteiger partial charge in [-0.2, -0.15) is 0 Å². The molecule has 3 N–H and O–H groups in total. The van der Waals surface area contributed by atoms with Gasteiger partial charge in [0.15, 0.2) is 12.2 Å². The summed E-state index contributed by atoms with van der Waals surface area (Å²) >= 11 is 0. The lowest BCUT2D eigenvalue weighted by Crippen LogP contribution is -2.30. The second-order valence-electron chi connectivity index (χ2n) is 24.9. The zero-order chi connectivity index (χ0) is 62.5. The maximum atomic E-state index is 13.0. The Labute approximate surface area is 511 Å². The molecule has 0 saturated heterocycles. The summed E-state index contributed by atoms with van der Waals surface area (Å²) in [5.74, 6) is 0.783. The zero-order valence-corrected chi connectivity index (χ0v) is 56.3. The number of aliphatic hydroxyl groups is 1. The number of hydrogen-bond donors (Lipinski definition) is 3. The number of unbranched alkanes of at least 4 members (excludes halogenated alkanes) is 26. The molecular weight excluding hydrogens is 1110 g/mol. The Morgan fingerprint density at radius 1 is 0.333 bits per heavy atom. The highest BCUT2D eigenvalue weighted by Crippen LogP contribution is 2.45. The Morgan fingerprint density at radius 2 is 0.571 bits per heavy atom. The molecule has 0 saturated carbocycles. The Bertz CT molecular complexity index is 1680. The highest BCUT2D eigenvalue weighted by molar-refractivity contribution is 7.47. The van der Waals surface area contributed by atoms with E-state index in [0.29, 0.717) is 25.7 Å². The molecule has 0 amide bonds. The summed E-state index contributed by atoms with van der Waals surface area (Å²) in [7, 11) is -9.89. The summed E-state index contributed by atoms with van der Waals surface area (Å²) < 4.78 is 68.0. The maximum Gasteiger partial charge on any atom is 0.472 e. The number of phosphoric acid groups is 2. The molecule has 0 bridgehead atoms. The van der Waals surface area contributed by atoms with Crippen LogP contribution in [-0.2, 0) is 65.4 Å². The molecule has 19 heteroatoms. The third kappa shape index (κ3) is 56.6. The molecule has 0 heterocycles. The monoisotopic (exact) mass is 1240 g/mol. The van der Waals surface area contributed by atoms with E-state index in [2.05, 4.69) is 55.4 Å². The van der Waals surface area contributed by atoms with Gasteiger partial charge < -0.3 is 33.8 Å². The minimum atomic E-state index is -4.95. The maximum absolute atomic E-state index is 13.0. The van der Waals surface area contributed by atoms with Gasteiger partial charge in [0.25, 0.3) is 0 Å². The molecular formula is C65H126O17P2. The third-order valence-corrected chi connectivity index (χ3v) is 17.4. The van der Waals surface area contributed by atoms with E-state index in [1.807, 2.05) is 0 Å². The fourth-order valence-electron chi connectivity index (χ4n) is 9.54. The van der Waals surface area contributed by atoms with Crippen molar-refractivity contribution in [2.24, 2.45) is 23.7 Å². The molecule has 498 valence electrons. The Kier molecular flexibility index (Phi) is 53.9. The van der Waals surface area contributed by atoms with Crippen molar-refractivity contribution in [2.45, 2.75) is 331 Å². The lowest BCUT2D eigenvalue weighted by Gasteiger charge is -2.21. The SMILES string of the molecule is CCC(C)CCCCCCCCC(=O)O[C@H](COC(=O)CCCCCCCCCCCCC(C)C)COP(=O)(O)OCC(O)COP(=O)(O)OC[C@@H](COC(=O)CCCCCCCCCCC(C)C)OC(=O)CCCCCCCCC(C)CC. The van der Waals surface area contributed by atoms with E-state index >= 15 is 0 Å². The summed E-state index contributed by atoms with van der Waals surface area (Å²) in [6.07, 6.45) is 34.9. The van der Waals surface area contributed by atoms with Crippen molar-refractivity contribution in [3.63, 3.8) is 0 Å². The normalized spacial score (nSPS) is 15.1. The van der Waals surface area contributed by atoms with Gasteiger partial charge in [-0.05, 0) is 49.4 Å². The van der Waals surface area contributed by atoms with Crippen LogP contribution in [0.1, 0.15) is 312 Å². The first-order valence-electron chi connectivity index (χ1n) is 33.8. The Hall–Kier alpha value is -1.94. The smallest absolute Gasteiger partial charge is 0.462 e. The Balaban J connectivity index is 5.25. The van der Waals surface area contributed by atoms with Crippen LogP contribution in [0, 0.1) is 23.7 Å². The average molecular weight is 1240 g/mol. The quantitative estimate of drug-likeness (QED) is 0.0222. The van der Waals surface area contributed by atoms with Gasteiger partial charge in [-0.25, -0.2) is 9.13 Å². The molecule has 0 spiro atoms. The minimum absolute atomic E-state index is 0.102. The zero-order valence-electron chi connectivity index (χ0n) is 54.5. The lowest BCUT2D eigenvalue weighted by atomic mass is 10.00.